The molecule has 0 fully saturated rings. The minimum atomic E-state index is 0.472. The highest BCUT2D eigenvalue weighted by atomic mass is 16.5. The van der Waals surface area contributed by atoms with E-state index in [9.17, 15) is 0 Å². The number of nitrogens with zero attached hydrogens (tertiary/aromatic N) is 2. The maximum atomic E-state index is 9.05. The van der Waals surface area contributed by atoms with Crippen molar-refractivity contribution in [3.05, 3.63) is 47.4 Å². The molecule has 2 aromatic rings. The van der Waals surface area contributed by atoms with E-state index in [4.69, 9.17) is 14.9 Å². The van der Waals surface area contributed by atoms with E-state index >= 15 is 0 Å². The molecule has 4 heteroatoms. The quantitative estimate of drug-likeness (QED) is 0.766. The molecule has 0 unspecified atom stereocenters. The number of benzene rings is 2. The average Bonchev–Trinajstić information content (AvgIpc) is 2.46. The fraction of sp³-hybridized carbons (Fsp3) is 0.143. The van der Waals surface area contributed by atoms with Gasteiger partial charge in [-0.3, -0.25) is 0 Å². The molecule has 0 aromatic heterocycles. The first-order valence-electron chi connectivity index (χ1n) is 5.46. The zero-order valence-electron chi connectivity index (χ0n) is 10.3. The summed E-state index contributed by atoms with van der Waals surface area (Å²) in [6.45, 7) is 0. The normalized spacial score (nSPS) is 9.61. The number of ether oxygens (including phenoxy) is 2. The Balaban J connectivity index is 2.46. The summed E-state index contributed by atoms with van der Waals surface area (Å²) in [7, 11) is 3.19. The van der Waals surface area contributed by atoms with Crippen molar-refractivity contribution in [3.63, 3.8) is 0 Å². The Morgan fingerprint density at radius 3 is 2.06 bits per heavy atom. The van der Waals surface area contributed by atoms with Crippen LogP contribution in [0.4, 0.5) is 5.69 Å². The van der Waals surface area contributed by atoms with E-state index in [1.165, 1.54) is 0 Å². The standard InChI is InChI=1S/C14H13N2O2/c1-17-11-5-3-10(4-6-11)13-8-7-12(18-2)9-14(13)16-15/h3-9H,1-2H3/q+1. The van der Waals surface area contributed by atoms with E-state index in [0.717, 1.165) is 16.9 Å². The Morgan fingerprint density at radius 2 is 1.50 bits per heavy atom. The molecule has 90 valence electrons. The van der Waals surface area contributed by atoms with Crippen LogP contribution in [0, 0.1) is 5.39 Å². The minimum Gasteiger partial charge on any atom is -0.497 e. The third kappa shape index (κ3) is 2.25. The summed E-state index contributed by atoms with van der Waals surface area (Å²) in [5, 5.41) is 9.05. The van der Waals surface area contributed by atoms with E-state index in [0.29, 0.717) is 11.4 Å². The zero-order chi connectivity index (χ0) is 13.0. The van der Waals surface area contributed by atoms with Gasteiger partial charge in [-0.2, -0.15) is 0 Å². The maximum Gasteiger partial charge on any atom is 0.396 e. The molecule has 0 bridgehead atoms. The molecule has 2 aromatic carbocycles. The molecule has 0 spiro atoms. The molecule has 0 amide bonds. The first-order valence-corrected chi connectivity index (χ1v) is 5.46. The van der Waals surface area contributed by atoms with E-state index in [1.54, 1.807) is 20.3 Å². The summed E-state index contributed by atoms with van der Waals surface area (Å²) in [5.41, 5.74) is 2.26. The van der Waals surface area contributed by atoms with Crippen LogP contribution < -0.4 is 9.47 Å². The first kappa shape index (κ1) is 11.9. The maximum absolute atomic E-state index is 9.05. The molecule has 0 atom stereocenters. The average molecular weight is 241 g/mol. The number of hydrogen-bond acceptors (Lipinski definition) is 3. The van der Waals surface area contributed by atoms with Crippen molar-refractivity contribution in [1.82, 2.24) is 0 Å². The van der Waals surface area contributed by atoms with Crippen LogP contribution in [0.3, 0.4) is 0 Å². The summed E-state index contributed by atoms with van der Waals surface area (Å²) in [6.07, 6.45) is 0. The van der Waals surface area contributed by atoms with Gasteiger partial charge in [-0.05, 0) is 29.8 Å². The highest BCUT2D eigenvalue weighted by Gasteiger charge is 2.16. The lowest BCUT2D eigenvalue weighted by Gasteiger charge is -2.03. The Bertz CT molecular complexity index is 586. The van der Waals surface area contributed by atoms with Crippen LogP contribution in [-0.2, 0) is 0 Å². The lowest BCUT2D eigenvalue weighted by Crippen LogP contribution is -1.85. The van der Waals surface area contributed by atoms with Crippen molar-refractivity contribution in [3.8, 4) is 22.6 Å². The van der Waals surface area contributed by atoms with Crippen molar-refractivity contribution in [1.29, 1.82) is 5.39 Å². The van der Waals surface area contributed by atoms with Crippen molar-refractivity contribution in [2.24, 2.45) is 0 Å². The van der Waals surface area contributed by atoms with Crippen LogP contribution in [-0.4, -0.2) is 14.2 Å². The highest BCUT2D eigenvalue weighted by Crippen LogP contribution is 2.34. The second-order valence-corrected chi connectivity index (χ2v) is 3.71. The largest absolute Gasteiger partial charge is 0.497 e. The van der Waals surface area contributed by atoms with Crippen molar-refractivity contribution in [2.45, 2.75) is 0 Å². The van der Waals surface area contributed by atoms with Crippen molar-refractivity contribution < 1.29 is 9.47 Å². The Kier molecular flexibility index (Phi) is 3.44. The van der Waals surface area contributed by atoms with Gasteiger partial charge in [0, 0.05) is 0 Å². The molecule has 0 saturated heterocycles. The number of rotatable bonds is 3. The topological polar surface area (TPSA) is 46.6 Å². The fourth-order valence-corrected chi connectivity index (χ4v) is 1.74. The Morgan fingerprint density at radius 1 is 0.889 bits per heavy atom. The number of methoxy groups -OCH3 is 2. The smallest absolute Gasteiger partial charge is 0.396 e. The molecule has 4 nitrogen and oxygen atoms in total. The van der Waals surface area contributed by atoms with Gasteiger partial charge >= 0.3 is 5.69 Å². The molecule has 0 N–H and O–H groups in total. The third-order valence-electron chi connectivity index (χ3n) is 2.71. The molecule has 18 heavy (non-hydrogen) atoms. The Hall–Kier alpha value is -2.54. The van der Waals surface area contributed by atoms with Gasteiger partial charge in [0.15, 0.2) is 4.98 Å². The second-order valence-electron chi connectivity index (χ2n) is 3.71. The molecular formula is C14H13N2O2+. The second kappa shape index (κ2) is 5.19. The van der Waals surface area contributed by atoms with Gasteiger partial charge in [0.05, 0.1) is 25.8 Å². The van der Waals surface area contributed by atoms with Gasteiger partial charge in [0.1, 0.15) is 11.5 Å². The molecule has 0 radical (unpaired) electrons. The van der Waals surface area contributed by atoms with Crippen molar-refractivity contribution >= 4 is 5.69 Å². The highest BCUT2D eigenvalue weighted by molar-refractivity contribution is 5.79. The van der Waals surface area contributed by atoms with Crippen LogP contribution in [0.5, 0.6) is 11.5 Å². The minimum absolute atomic E-state index is 0.472. The predicted molar refractivity (Wildman–Crippen MR) is 69.7 cm³/mol. The molecular weight excluding hydrogens is 228 g/mol. The first-order chi connectivity index (χ1) is 8.78. The van der Waals surface area contributed by atoms with Gasteiger partial charge in [0.25, 0.3) is 0 Å². The van der Waals surface area contributed by atoms with E-state index in [-0.39, 0.29) is 0 Å². The van der Waals surface area contributed by atoms with E-state index in [2.05, 4.69) is 4.98 Å². The molecule has 0 aliphatic heterocycles. The summed E-state index contributed by atoms with van der Waals surface area (Å²) in [6, 6.07) is 12.9. The van der Waals surface area contributed by atoms with Gasteiger partial charge in [-0.1, -0.05) is 12.1 Å². The van der Waals surface area contributed by atoms with Gasteiger partial charge in [0.2, 0.25) is 5.39 Å². The third-order valence-corrected chi connectivity index (χ3v) is 2.71. The Labute approximate surface area is 105 Å². The van der Waals surface area contributed by atoms with Crippen LogP contribution in [0.25, 0.3) is 16.1 Å². The van der Waals surface area contributed by atoms with Crippen LogP contribution in [0.2, 0.25) is 0 Å². The monoisotopic (exact) mass is 241 g/mol. The molecule has 2 rings (SSSR count). The van der Waals surface area contributed by atoms with E-state index < -0.39 is 0 Å². The molecule has 0 saturated carbocycles. The predicted octanol–water partition coefficient (Wildman–Crippen LogP) is 3.86. The van der Waals surface area contributed by atoms with Crippen LogP contribution in [0.15, 0.2) is 42.5 Å². The SMILES string of the molecule is COc1ccc(-c2ccc(OC)cc2[N+]#N)cc1. The molecule has 0 aliphatic carbocycles. The summed E-state index contributed by atoms with van der Waals surface area (Å²) in [4.78, 5) is 3.29. The van der Waals surface area contributed by atoms with Crippen molar-refractivity contribution in [2.75, 3.05) is 14.2 Å². The van der Waals surface area contributed by atoms with Crippen LogP contribution in [0.1, 0.15) is 0 Å². The van der Waals surface area contributed by atoms with Gasteiger partial charge in [-0.25, -0.2) is 0 Å². The van der Waals surface area contributed by atoms with Crippen LogP contribution >= 0.6 is 0 Å². The zero-order valence-corrected chi connectivity index (χ0v) is 10.3. The lowest BCUT2D eigenvalue weighted by atomic mass is 10.0. The van der Waals surface area contributed by atoms with Gasteiger partial charge < -0.3 is 9.47 Å². The summed E-state index contributed by atoms with van der Waals surface area (Å²) < 4.78 is 10.2. The van der Waals surface area contributed by atoms with E-state index in [1.807, 2.05) is 36.4 Å². The molecule has 0 aliphatic rings. The summed E-state index contributed by atoms with van der Waals surface area (Å²) >= 11 is 0. The summed E-state index contributed by atoms with van der Waals surface area (Å²) in [5.74, 6) is 1.44. The fourth-order valence-electron chi connectivity index (χ4n) is 1.74. The lowest BCUT2D eigenvalue weighted by molar-refractivity contribution is 0.414. The molecule has 0 heterocycles. The van der Waals surface area contributed by atoms with Gasteiger partial charge in [-0.15, -0.1) is 0 Å². The number of diazo groups is 1. The number of hydrogen-bond donors (Lipinski definition) is 0.